The Balaban J connectivity index is 1.58. The largest absolute Gasteiger partial charge is 0.351 e. The van der Waals surface area contributed by atoms with Crippen LogP contribution >= 0.6 is 0 Å². The second-order valence-electron chi connectivity index (χ2n) is 8.20. The Morgan fingerprint density at radius 1 is 1.37 bits per heavy atom. The SMILES string of the molecule is Cc1cc(C)n(CC(=O)N2CC[C@@]34OC[C@@H](C(C)C)N3C(=O)C[C@@H]24)c(=O)n1. The van der Waals surface area contributed by atoms with Crippen LogP contribution in [-0.4, -0.2) is 62.1 Å². The number of rotatable bonds is 3. The van der Waals surface area contributed by atoms with Crippen LogP contribution in [0, 0.1) is 19.8 Å². The lowest BCUT2D eigenvalue weighted by Gasteiger charge is -2.34. The highest BCUT2D eigenvalue weighted by atomic mass is 16.5. The standard InChI is InChI=1S/C19H26N4O4/c1-11(2)14-10-27-19-5-6-21(15(19)8-16(24)23(14)19)17(25)9-22-13(4)7-12(3)20-18(22)26/h7,11,14-15H,5-6,8-10H2,1-4H3/t14-,15+,19-/m0/s1. The first-order valence-electron chi connectivity index (χ1n) is 9.55. The average molecular weight is 374 g/mol. The number of ether oxygens (including phenoxy) is 1. The molecule has 3 saturated heterocycles. The van der Waals surface area contributed by atoms with Gasteiger partial charge in [0.1, 0.15) is 6.54 Å². The second-order valence-corrected chi connectivity index (χ2v) is 8.20. The van der Waals surface area contributed by atoms with Crippen molar-refractivity contribution in [3.63, 3.8) is 0 Å². The quantitative estimate of drug-likeness (QED) is 0.767. The van der Waals surface area contributed by atoms with Crippen LogP contribution in [0.1, 0.15) is 38.1 Å². The average Bonchev–Trinajstić information content (AvgIpc) is 3.20. The molecule has 2 amide bonds. The number of aromatic nitrogens is 2. The third-order valence-corrected chi connectivity index (χ3v) is 6.22. The van der Waals surface area contributed by atoms with Crippen LogP contribution < -0.4 is 5.69 Å². The van der Waals surface area contributed by atoms with Crippen molar-refractivity contribution >= 4 is 11.8 Å². The first kappa shape index (κ1) is 18.2. The molecule has 8 heteroatoms. The molecule has 0 aromatic carbocycles. The van der Waals surface area contributed by atoms with Gasteiger partial charge in [0, 0.05) is 24.4 Å². The highest BCUT2D eigenvalue weighted by molar-refractivity contribution is 5.85. The Morgan fingerprint density at radius 2 is 2.11 bits per heavy atom. The van der Waals surface area contributed by atoms with Crippen molar-refractivity contribution in [2.45, 2.75) is 64.9 Å². The van der Waals surface area contributed by atoms with Gasteiger partial charge >= 0.3 is 5.69 Å². The number of nitrogens with zero attached hydrogens (tertiary/aromatic N) is 4. The van der Waals surface area contributed by atoms with E-state index in [2.05, 4.69) is 18.8 Å². The molecule has 0 saturated carbocycles. The third-order valence-electron chi connectivity index (χ3n) is 6.22. The molecule has 3 fully saturated rings. The molecule has 0 bridgehead atoms. The Morgan fingerprint density at radius 3 is 2.78 bits per heavy atom. The smallest absolute Gasteiger partial charge is 0.348 e. The topological polar surface area (TPSA) is 84.7 Å². The first-order valence-corrected chi connectivity index (χ1v) is 9.55. The van der Waals surface area contributed by atoms with Crippen LogP contribution in [0.25, 0.3) is 0 Å². The van der Waals surface area contributed by atoms with Crippen molar-refractivity contribution in [3.8, 4) is 0 Å². The predicted octanol–water partition coefficient (Wildman–Crippen LogP) is 0.444. The fraction of sp³-hybridized carbons (Fsp3) is 0.684. The number of amides is 2. The molecule has 0 N–H and O–H groups in total. The van der Waals surface area contributed by atoms with E-state index in [1.807, 2.05) is 4.90 Å². The first-order chi connectivity index (χ1) is 12.7. The summed E-state index contributed by atoms with van der Waals surface area (Å²) in [5, 5.41) is 0. The number of hydrogen-bond donors (Lipinski definition) is 0. The Hall–Kier alpha value is -2.22. The van der Waals surface area contributed by atoms with E-state index in [4.69, 9.17) is 4.74 Å². The van der Waals surface area contributed by atoms with E-state index >= 15 is 0 Å². The summed E-state index contributed by atoms with van der Waals surface area (Å²) >= 11 is 0. The molecule has 0 unspecified atom stereocenters. The normalized spacial score (nSPS) is 29.6. The van der Waals surface area contributed by atoms with Gasteiger partial charge in [0.15, 0.2) is 5.72 Å². The zero-order valence-electron chi connectivity index (χ0n) is 16.3. The molecule has 8 nitrogen and oxygen atoms in total. The summed E-state index contributed by atoms with van der Waals surface area (Å²) in [5.41, 5.74) is 0.233. The highest BCUT2D eigenvalue weighted by Gasteiger charge is 2.65. The summed E-state index contributed by atoms with van der Waals surface area (Å²) in [6.45, 7) is 8.71. The van der Waals surface area contributed by atoms with Crippen LogP contribution in [0.4, 0.5) is 0 Å². The minimum atomic E-state index is -0.687. The monoisotopic (exact) mass is 374 g/mol. The lowest BCUT2D eigenvalue weighted by molar-refractivity contribution is -0.142. The van der Waals surface area contributed by atoms with Crippen molar-refractivity contribution in [2.24, 2.45) is 5.92 Å². The number of carbonyl (C=O) groups excluding carboxylic acids is 2. The summed E-state index contributed by atoms with van der Waals surface area (Å²) in [4.78, 5) is 45.4. The van der Waals surface area contributed by atoms with E-state index in [0.717, 1.165) is 0 Å². The predicted molar refractivity (Wildman–Crippen MR) is 96.9 cm³/mol. The Kier molecular flexibility index (Phi) is 4.14. The molecule has 1 aromatic heterocycles. The van der Waals surface area contributed by atoms with Gasteiger partial charge in [-0.05, 0) is 25.8 Å². The van der Waals surface area contributed by atoms with Crippen LogP contribution in [0.3, 0.4) is 0 Å². The zero-order chi connectivity index (χ0) is 19.5. The van der Waals surface area contributed by atoms with Crippen LogP contribution in [0.2, 0.25) is 0 Å². The lowest BCUT2D eigenvalue weighted by Crippen LogP contribution is -2.51. The van der Waals surface area contributed by atoms with E-state index in [1.54, 1.807) is 24.8 Å². The third kappa shape index (κ3) is 2.61. The van der Waals surface area contributed by atoms with E-state index in [-0.39, 0.29) is 36.9 Å². The summed E-state index contributed by atoms with van der Waals surface area (Å²) in [6, 6.07) is 1.56. The van der Waals surface area contributed by atoms with Crippen molar-refractivity contribution in [1.29, 1.82) is 0 Å². The van der Waals surface area contributed by atoms with Crippen LogP contribution in [0.5, 0.6) is 0 Å². The summed E-state index contributed by atoms with van der Waals surface area (Å²) in [7, 11) is 0. The van der Waals surface area contributed by atoms with Gasteiger partial charge in [-0.25, -0.2) is 4.79 Å². The van der Waals surface area contributed by atoms with Crippen LogP contribution in [0.15, 0.2) is 10.9 Å². The van der Waals surface area contributed by atoms with Crippen molar-refractivity contribution in [2.75, 3.05) is 13.2 Å². The van der Waals surface area contributed by atoms with Gasteiger partial charge in [-0.2, -0.15) is 4.98 Å². The van der Waals surface area contributed by atoms with E-state index in [0.29, 0.717) is 36.9 Å². The number of likely N-dealkylation sites (tertiary alicyclic amines) is 1. The molecular weight excluding hydrogens is 348 g/mol. The van der Waals surface area contributed by atoms with Gasteiger partial charge in [0.25, 0.3) is 0 Å². The molecule has 0 aliphatic carbocycles. The molecular formula is C19H26N4O4. The van der Waals surface area contributed by atoms with Gasteiger partial charge in [-0.1, -0.05) is 13.8 Å². The molecule has 4 rings (SSSR count). The van der Waals surface area contributed by atoms with E-state index in [9.17, 15) is 14.4 Å². The molecule has 1 aromatic rings. The van der Waals surface area contributed by atoms with Crippen molar-refractivity contribution in [3.05, 3.63) is 27.9 Å². The molecule has 4 heterocycles. The summed E-state index contributed by atoms with van der Waals surface area (Å²) in [5.74, 6) is 0.190. The van der Waals surface area contributed by atoms with Gasteiger partial charge in [0.2, 0.25) is 11.8 Å². The van der Waals surface area contributed by atoms with Gasteiger partial charge < -0.3 is 14.5 Å². The van der Waals surface area contributed by atoms with Crippen molar-refractivity contribution < 1.29 is 14.3 Å². The van der Waals surface area contributed by atoms with E-state index < -0.39 is 11.4 Å². The lowest BCUT2D eigenvalue weighted by atomic mass is 10.0. The number of hydrogen-bond acceptors (Lipinski definition) is 5. The van der Waals surface area contributed by atoms with Gasteiger partial charge in [-0.15, -0.1) is 0 Å². The van der Waals surface area contributed by atoms with Crippen molar-refractivity contribution in [1.82, 2.24) is 19.4 Å². The highest BCUT2D eigenvalue weighted by Crippen LogP contribution is 2.48. The molecule has 3 aliphatic rings. The van der Waals surface area contributed by atoms with E-state index in [1.165, 1.54) is 4.57 Å². The molecule has 27 heavy (non-hydrogen) atoms. The van der Waals surface area contributed by atoms with Crippen LogP contribution in [-0.2, 0) is 20.9 Å². The maximum absolute atomic E-state index is 13.0. The minimum Gasteiger partial charge on any atom is -0.351 e. The van der Waals surface area contributed by atoms with Gasteiger partial charge in [-0.3, -0.25) is 14.2 Å². The molecule has 3 aliphatic heterocycles. The minimum absolute atomic E-state index is 0.0547. The zero-order valence-corrected chi connectivity index (χ0v) is 16.3. The summed E-state index contributed by atoms with van der Waals surface area (Å²) in [6.07, 6.45) is 0.910. The molecule has 146 valence electrons. The maximum Gasteiger partial charge on any atom is 0.348 e. The number of aryl methyl sites for hydroxylation is 2. The molecule has 1 spiro atoms. The Bertz CT molecular complexity index is 864. The molecule has 0 radical (unpaired) electrons. The summed E-state index contributed by atoms with van der Waals surface area (Å²) < 4.78 is 7.55. The van der Waals surface area contributed by atoms with Gasteiger partial charge in [0.05, 0.1) is 25.1 Å². The Labute approximate surface area is 158 Å². The fourth-order valence-electron chi connectivity index (χ4n) is 4.86. The number of carbonyl (C=O) groups is 2. The molecule has 3 atom stereocenters. The second kappa shape index (κ2) is 6.15. The maximum atomic E-state index is 13.0. The fourth-order valence-corrected chi connectivity index (χ4v) is 4.86.